The second-order valence-corrected chi connectivity index (χ2v) is 2.08. The second kappa shape index (κ2) is 13.0. The fraction of sp³-hybridized carbons (Fsp3) is 0.0714. The molecule has 0 aliphatic carbocycles. The molecule has 0 aromatic heterocycles. The van der Waals surface area contributed by atoms with Crippen LogP contribution in [-0.4, -0.2) is 0 Å². The molecule has 1 heteroatoms. The van der Waals surface area contributed by atoms with Gasteiger partial charge in [-0.1, -0.05) is 18.1 Å². The first kappa shape index (κ1) is 23.7. The normalized spacial score (nSPS) is 5.60. The van der Waals surface area contributed by atoms with Crippen molar-refractivity contribution in [2.75, 3.05) is 0 Å². The van der Waals surface area contributed by atoms with Crippen molar-refractivity contribution in [3.05, 3.63) is 64.1 Å². The zero-order valence-corrected chi connectivity index (χ0v) is 11.9. The molecule has 0 heterocycles. The van der Waals surface area contributed by atoms with E-state index in [0.717, 1.165) is 11.1 Å². The van der Waals surface area contributed by atoms with Crippen LogP contribution in [0.4, 0.5) is 0 Å². The molecule has 1 aromatic rings. The van der Waals surface area contributed by atoms with E-state index in [1.54, 1.807) is 6.92 Å². The summed E-state index contributed by atoms with van der Waals surface area (Å²) in [7, 11) is 0. The molecule has 0 atom stereocenters. The Morgan fingerprint density at radius 1 is 0.933 bits per heavy atom. The minimum absolute atomic E-state index is 0. The van der Waals surface area contributed by atoms with Gasteiger partial charge in [0.1, 0.15) is 0 Å². The molecule has 0 amide bonds. The van der Waals surface area contributed by atoms with E-state index in [1.165, 1.54) is 0 Å². The fourth-order valence-electron chi connectivity index (χ4n) is 0.781. The van der Waals surface area contributed by atoms with Crippen LogP contribution in [0.2, 0.25) is 0 Å². The molecule has 0 saturated heterocycles. The molecule has 0 saturated carbocycles. The molecule has 0 nitrogen and oxygen atoms in total. The van der Waals surface area contributed by atoms with Crippen LogP contribution in [0.5, 0.6) is 0 Å². The summed E-state index contributed by atoms with van der Waals surface area (Å²) < 4.78 is 0. The van der Waals surface area contributed by atoms with Crippen molar-refractivity contribution in [2.45, 2.75) is 6.92 Å². The first-order chi connectivity index (χ1) is 5.36. The first-order valence-corrected chi connectivity index (χ1v) is 3.32. The summed E-state index contributed by atoms with van der Waals surface area (Å²) >= 11 is 0. The van der Waals surface area contributed by atoms with E-state index in [2.05, 4.69) is 17.8 Å². The molecule has 82 valence electrons. The van der Waals surface area contributed by atoms with Gasteiger partial charge in [0.15, 0.2) is 0 Å². The molecule has 0 radical (unpaired) electrons. The Kier molecular flexibility index (Phi) is 20.6. The van der Waals surface area contributed by atoms with Gasteiger partial charge >= 0.3 is 21.1 Å². The van der Waals surface area contributed by atoms with Gasteiger partial charge in [0.2, 0.25) is 0 Å². The summed E-state index contributed by atoms with van der Waals surface area (Å²) in [4.78, 5) is 0. The second-order valence-electron chi connectivity index (χ2n) is 2.08. The Balaban J connectivity index is -0.000000151. The van der Waals surface area contributed by atoms with Crippen LogP contribution in [0.15, 0.2) is 24.3 Å². The van der Waals surface area contributed by atoms with Crippen molar-refractivity contribution in [1.82, 2.24) is 0 Å². The van der Waals surface area contributed by atoms with Gasteiger partial charge in [0, 0.05) is 5.56 Å². The van der Waals surface area contributed by atoms with Crippen LogP contribution in [-0.2, 0) is 21.1 Å². The molecule has 0 aliphatic heterocycles. The third kappa shape index (κ3) is 8.05. The van der Waals surface area contributed by atoms with Gasteiger partial charge in [-0.2, -0.15) is 0 Å². The third-order valence-electron chi connectivity index (χ3n) is 1.30. The summed E-state index contributed by atoms with van der Waals surface area (Å²) in [6.45, 7) is 1.80. The Hall–Kier alpha value is -0.972. The summed E-state index contributed by atoms with van der Waals surface area (Å²) in [6.07, 6.45) is 6.83. The summed E-state index contributed by atoms with van der Waals surface area (Å²) in [5, 5.41) is 0. The van der Waals surface area contributed by atoms with Crippen LogP contribution >= 0.6 is 0 Å². The molecule has 0 bridgehead atoms. The maximum Gasteiger partial charge on any atom is 4.00 e. The largest absolute Gasteiger partial charge is 4.00 e. The van der Waals surface area contributed by atoms with Crippen molar-refractivity contribution in [3.8, 4) is 17.8 Å². The molecular formula is C14H16Pt. The number of benzene rings is 1. The van der Waals surface area contributed by atoms with E-state index >= 15 is 0 Å². The van der Waals surface area contributed by atoms with E-state index in [9.17, 15) is 0 Å². The van der Waals surface area contributed by atoms with Gasteiger partial charge in [-0.15, -0.1) is 23.6 Å². The topological polar surface area (TPSA) is 0 Å². The van der Waals surface area contributed by atoms with E-state index < -0.39 is 0 Å². The van der Waals surface area contributed by atoms with Crippen molar-refractivity contribution in [3.63, 3.8) is 0 Å². The number of hydrogen-bond donors (Lipinski definition) is 0. The zero-order chi connectivity index (χ0) is 8.10. The van der Waals surface area contributed by atoms with Gasteiger partial charge in [-0.25, -0.2) is 0 Å². The number of hydrogen-bond acceptors (Lipinski definition) is 0. The molecule has 1 rings (SSSR count). The fourth-order valence-corrected chi connectivity index (χ4v) is 0.781. The predicted octanol–water partition coefficient (Wildman–Crippen LogP) is 3.34. The average Bonchev–Trinajstić information content (AvgIpc) is 2.07. The van der Waals surface area contributed by atoms with Gasteiger partial charge in [0.25, 0.3) is 0 Å². The molecule has 0 spiro atoms. The van der Waals surface area contributed by atoms with Crippen molar-refractivity contribution >= 4 is 0 Å². The van der Waals surface area contributed by atoms with Crippen molar-refractivity contribution in [1.29, 1.82) is 0 Å². The summed E-state index contributed by atoms with van der Waals surface area (Å²) in [5.41, 5.74) is 1.76. The van der Waals surface area contributed by atoms with Crippen LogP contribution in [0.1, 0.15) is 18.1 Å². The van der Waals surface area contributed by atoms with E-state index in [4.69, 9.17) is 6.42 Å². The zero-order valence-electron chi connectivity index (χ0n) is 9.63. The third-order valence-corrected chi connectivity index (χ3v) is 1.30. The SMILES string of the molecule is [C-]#Cc1ccc(C#CC)cc1.[CH3-].[CH3-].[CH3-].[Pt+4]. The Morgan fingerprint density at radius 3 is 1.67 bits per heavy atom. The molecule has 15 heavy (non-hydrogen) atoms. The molecular weight excluding hydrogens is 363 g/mol. The molecule has 0 fully saturated rings. The standard InChI is InChI=1S/C11H7.3CH3.Pt/c1-3-5-11-8-6-10(4-2)7-9-11;;;;/h6-9H,1H3;3*1H3;/q4*-1;+4. The quantitative estimate of drug-likeness (QED) is 0.479. The Labute approximate surface area is 110 Å². The van der Waals surface area contributed by atoms with Crippen molar-refractivity contribution in [2.24, 2.45) is 0 Å². The molecule has 0 unspecified atom stereocenters. The molecule has 1 aromatic carbocycles. The van der Waals surface area contributed by atoms with Gasteiger partial charge in [0.05, 0.1) is 0 Å². The Bertz CT molecular complexity index is 330. The number of rotatable bonds is 0. The van der Waals surface area contributed by atoms with Crippen LogP contribution in [0.25, 0.3) is 0 Å². The minimum atomic E-state index is 0. The Morgan fingerprint density at radius 2 is 1.33 bits per heavy atom. The minimum Gasteiger partial charge on any atom is -0.366 e. The average molecular weight is 379 g/mol. The summed E-state index contributed by atoms with van der Waals surface area (Å²) in [6, 6.07) is 7.42. The van der Waals surface area contributed by atoms with E-state index in [-0.39, 0.29) is 43.3 Å². The maximum absolute atomic E-state index is 6.83. The van der Waals surface area contributed by atoms with Crippen LogP contribution < -0.4 is 0 Å². The smallest absolute Gasteiger partial charge is 0.366 e. The first-order valence-electron chi connectivity index (χ1n) is 3.32. The molecule has 0 N–H and O–H groups in total. The van der Waals surface area contributed by atoms with Gasteiger partial charge < -0.3 is 28.7 Å². The summed E-state index contributed by atoms with van der Waals surface area (Å²) in [5.74, 6) is 8.02. The van der Waals surface area contributed by atoms with Crippen LogP contribution in [0.3, 0.4) is 0 Å². The molecule has 0 aliphatic rings. The van der Waals surface area contributed by atoms with E-state index in [1.807, 2.05) is 24.3 Å². The van der Waals surface area contributed by atoms with Crippen LogP contribution in [0, 0.1) is 46.5 Å². The van der Waals surface area contributed by atoms with Crippen molar-refractivity contribution < 1.29 is 21.1 Å². The maximum atomic E-state index is 6.83. The monoisotopic (exact) mass is 379 g/mol. The van der Waals surface area contributed by atoms with E-state index in [0.29, 0.717) is 0 Å². The predicted molar refractivity (Wildman–Crippen MR) is 64.5 cm³/mol. The van der Waals surface area contributed by atoms with Gasteiger partial charge in [-0.05, 0) is 6.92 Å². The van der Waals surface area contributed by atoms with Gasteiger partial charge in [-0.3, -0.25) is 5.92 Å².